The van der Waals surface area contributed by atoms with E-state index in [2.05, 4.69) is 5.16 Å². The molecule has 0 amide bonds. The van der Waals surface area contributed by atoms with Gasteiger partial charge in [0.2, 0.25) is 0 Å². The molecule has 3 rings (SSSR count). The third-order valence-electron chi connectivity index (χ3n) is 4.49. The van der Waals surface area contributed by atoms with Crippen molar-refractivity contribution in [3.05, 3.63) is 46.8 Å². The third-order valence-corrected chi connectivity index (χ3v) is 4.49. The van der Waals surface area contributed by atoms with Crippen LogP contribution in [0.4, 0.5) is 0 Å². The average molecular weight is 301 g/mol. The lowest BCUT2D eigenvalue weighted by Crippen LogP contribution is -2.48. The topological polar surface area (TPSA) is 83.6 Å². The number of aryl methyl sites for hydroxylation is 1. The van der Waals surface area contributed by atoms with E-state index < -0.39 is 11.5 Å². The van der Waals surface area contributed by atoms with Crippen LogP contribution in [0.15, 0.2) is 28.8 Å². The molecule has 0 bridgehead atoms. The van der Waals surface area contributed by atoms with Crippen molar-refractivity contribution in [1.29, 1.82) is 0 Å². The van der Waals surface area contributed by atoms with E-state index in [0.29, 0.717) is 11.5 Å². The minimum absolute atomic E-state index is 0.0930. The molecule has 22 heavy (non-hydrogen) atoms. The minimum atomic E-state index is -1.21. The number of rotatable bonds is 2. The van der Waals surface area contributed by atoms with Gasteiger partial charge in [-0.3, -0.25) is 4.79 Å². The van der Waals surface area contributed by atoms with Crippen molar-refractivity contribution < 1.29 is 19.5 Å². The van der Waals surface area contributed by atoms with Crippen LogP contribution >= 0.6 is 0 Å². The van der Waals surface area contributed by atoms with E-state index in [0.717, 1.165) is 11.1 Å². The van der Waals surface area contributed by atoms with E-state index in [9.17, 15) is 15.0 Å². The average Bonchev–Trinajstić information content (AvgIpc) is 2.76. The maximum atomic E-state index is 12.3. The summed E-state index contributed by atoms with van der Waals surface area (Å²) < 4.78 is 5.29. The fourth-order valence-corrected chi connectivity index (χ4v) is 3.68. The van der Waals surface area contributed by atoms with Gasteiger partial charge in [-0.2, -0.15) is 0 Å². The third kappa shape index (κ3) is 2.22. The molecule has 1 aromatic heterocycles. The van der Waals surface area contributed by atoms with Gasteiger partial charge in [0.25, 0.3) is 0 Å². The summed E-state index contributed by atoms with van der Waals surface area (Å²) in [6.45, 7) is 4.95. The molecule has 2 N–H and O–H groups in total. The zero-order valence-corrected chi connectivity index (χ0v) is 12.8. The van der Waals surface area contributed by atoms with Gasteiger partial charge in [-0.25, -0.2) is 0 Å². The van der Waals surface area contributed by atoms with Gasteiger partial charge in [0.1, 0.15) is 17.3 Å². The number of hydrogen-bond donors (Lipinski definition) is 2. The number of phenols is 1. The number of aliphatic hydroxyl groups is 1. The highest BCUT2D eigenvalue weighted by molar-refractivity contribution is 5.82. The maximum absolute atomic E-state index is 12.3. The highest BCUT2D eigenvalue weighted by atomic mass is 16.5. The molecule has 2 aromatic rings. The molecule has 0 fully saturated rings. The zero-order chi connectivity index (χ0) is 16.1. The largest absolute Gasteiger partial charge is 0.508 e. The van der Waals surface area contributed by atoms with Crippen LogP contribution in [-0.4, -0.2) is 26.8 Å². The first-order valence-corrected chi connectivity index (χ1v) is 7.28. The fraction of sp³-hybridized carbons (Fsp3) is 0.412. The first-order valence-electron chi connectivity index (χ1n) is 7.28. The summed E-state index contributed by atoms with van der Waals surface area (Å²) in [5.41, 5.74) is 1.08. The lowest BCUT2D eigenvalue weighted by atomic mass is 9.64. The highest BCUT2D eigenvalue weighted by Gasteiger charge is 2.49. The lowest BCUT2D eigenvalue weighted by Gasteiger charge is -2.40. The van der Waals surface area contributed by atoms with Crippen LogP contribution in [0, 0.1) is 12.8 Å². The first kappa shape index (κ1) is 14.8. The van der Waals surface area contributed by atoms with Crippen LogP contribution in [0.2, 0.25) is 0 Å². The molecule has 3 unspecified atom stereocenters. The van der Waals surface area contributed by atoms with E-state index in [-0.39, 0.29) is 23.9 Å². The summed E-state index contributed by atoms with van der Waals surface area (Å²) in [6, 6.07) is 6.78. The van der Waals surface area contributed by atoms with Gasteiger partial charge in [-0.05, 0) is 38.5 Å². The molecule has 0 saturated heterocycles. The Morgan fingerprint density at radius 2 is 2.18 bits per heavy atom. The molecule has 0 saturated carbocycles. The quantitative estimate of drug-likeness (QED) is 0.889. The predicted octanol–water partition coefficient (Wildman–Crippen LogP) is 2.33. The number of phenolic OH excluding ortho intramolecular Hbond substituents is 1. The summed E-state index contributed by atoms with van der Waals surface area (Å²) in [5, 5.41) is 24.6. The van der Waals surface area contributed by atoms with E-state index in [1.54, 1.807) is 32.0 Å². The SMILES string of the molecule is CC(=O)C1C(c2cccc(O)c2)c2c(noc2C)CC1(C)O. The van der Waals surface area contributed by atoms with E-state index in [1.807, 2.05) is 6.07 Å². The number of carbonyl (C=O) groups excluding carboxylic acids is 1. The Hall–Kier alpha value is -2.14. The fourth-order valence-electron chi connectivity index (χ4n) is 3.68. The van der Waals surface area contributed by atoms with Crippen LogP contribution in [0.1, 0.15) is 42.3 Å². The molecule has 1 aromatic carbocycles. The van der Waals surface area contributed by atoms with Crippen LogP contribution in [0.3, 0.4) is 0 Å². The molecule has 1 aliphatic rings. The molecule has 1 aliphatic carbocycles. The normalized spacial score (nSPS) is 27.5. The van der Waals surface area contributed by atoms with Crippen molar-refractivity contribution in [2.75, 3.05) is 0 Å². The number of Topliss-reactive ketones (excluding diaryl/α,β-unsaturated/α-hetero) is 1. The Morgan fingerprint density at radius 1 is 1.45 bits per heavy atom. The van der Waals surface area contributed by atoms with Crippen LogP contribution in [0.25, 0.3) is 0 Å². The molecular formula is C17H19NO4. The molecule has 116 valence electrons. The van der Waals surface area contributed by atoms with Gasteiger partial charge < -0.3 is 14.7 Å². The number of aromatic nitrogens is 1. The molecule has 0 aliphatic heterocycles. The van der Waals surface area contributed by atoms with E-state index >= 15 is 0 Å². The van der Waals surface area contributed by atoms with Crippen LogP contribution in [-0.2, 0) is 11.2 Å². The van der Waals surface area contributed by atoms with Crippen molar-refractivity contribution in [3.8, 4) is 5.75 Å². The van der Waals surface area contributed by atoms with Crippen molar-refractivity contribution >= 4 is 5.78 Å². The molecule has 5 nitrogen and oxygen atoms in total. The van der Waals surface area contributed by atoms with Crippen LogP contribution < -0.4 is 0 Å². The van der Waals surface area contributed by atoms with Crippen molar-refractivity contribution in [2.24, 2.45) is 5.92 Å². The summed E-state index contributed by atoms with van der Waals surface area (Å²) in [4.78, 5) is 12.3. The van der Waals surface area contributed by atoms with Crippen molar-refractivity contribution in [1.82, 2.24) is 5.16 Å². The number of fused-ring (bicyclic) bond motifs is 1. The summed E-state index contributed by atoms with van der Waals surface area (Å²) >= 11 is 0. The molecule has 0 spiro atoms. The smallest absolute Gasteiger partial charge is 0.137 e. The lowest BCUT2D eigenvalue weighted by molar-refractivity contribution is -0.130. The number of aromatic hydroxyl groups is 1. The Balaban J connectivity index is 2.25. The van der Waals surface area contributed by atoms with Gasteiger partial charge in [0.05, 0.1) is 17.2 Å². The Bertz CT molecular complexity index is 732. The standard InChI is InChI=1S/C17H19NO4/c1-9(19)16-15(11-5-4-6-12(20)7-11)14-10(2)22-18-13(14)8-17(16,3)21/h4-7,15-16,20-21H,8H2,1-3H3. The Kier molecular flexibility index (Phi) is 3.33. The van der Waals surface area contributed by atoms with Crippen molar-refractivity contribution in [3.63, 3.8) is 0 Å². The van der Waals surface area contributed by atoms with Gasteiger partial charge in [0, 0.05) is 17.9 Å². The summed E-state index contributed by atoms with van der Waals surface area (Å²) in [7, 11) is 0. The van der Waals surface area contributed by atoms with E-state index in [1.165, 1.54) is 6.92 Å². The molecule has 3 atom stereocenters. The number of ketones is 1. The monoisotopic (exact) mass is 301 g/mol. The number of benzene rings is 1. The number of carbonyl (C=O) groups is 1. The maximum Gasteiger partial charge on any atom is 0.137 e. The molecule has 1 heterocycles. The second-order valence-electron chi connectivity index (χ2n) is 6.29. The first-order chi connectivity index (χ1) is 10.3. The van der Waals surface area contributed by atoms with Gasteiger partial charge >= 0.3 is 0 Å². The minimum Gasteiger partial charge on any atom is -0.508 e. The zero-order valence-electron chi connectivity index (χ0n) is 12.8. The molecular weight excluding hydrogens is 282 g/mol. The Labute approximate surface area is 128 Å². The van der Waals surface area contributed by atoms with Crippen molar-refractivity contribution in [2.45, 2.75) is 38.7 Å². The summed E-state index contributed by atoms with van der Waals surface area (Å²) in [6.07, 6.45) is 0.277. The molecule has 5 heteroatoms. The second-order valence-corrected chi connectivity index (χ2v) is 6.29. The van der Waals surface area contributed by atoms with Gasteiger partial charge in [0.15, 0.2) is 0 Å². The number of hydrogen-bond acceptors (Lipinski definition) is 5. The molecule has 0 radical (unpaired) electrons. The van der Waals surface area contributed by atoms with Crippen LogP contribution in [0.5, 0.6) is 5.75 Å². The van der Waals surface area contributed by atoms with Gasteiger partial charge in [-0.1, -0.05) is 17.3 Å². The predicted molar refractivity (Wildman–Crippen MR) is 79.7 cm³/mol. The van der Waals surface area contributed by atoms with E-state index in [4.69, 9.17) is 4.52 Å². The Morgan fingerprint density at radius 3 is 2.82 bits per heavy atom. The summed E-state index contributed by atoms with van der Waals surface area (Å²) in [5.74, 6) is -0.315. The second kappa shape index (κ2) is 4.95. The van der Waals surface area contributed by atoms with Gasteiger partial charge in [-0.15, -0.1) is 0 Å². The number of nitrogens with zero attached hydrogens (tertiary/aromatic N) is 1. The highest BCUT2D eigenvalue weighted by Crippen LogP contribution is 2.47.